The molecule has 0 radical (unpaired) electrons. The van der Waals surface area contributed by atoms with Gasteiger partial charge in [0, 0.05) is 19.6 Å². The molecule has 1 aliphatic carbocycles. The number of nitrogen functional groups attached to an aromatic ring is 1. The van der Waals surface area contributed by atoms with Gasteiger partial charge in [0.2, 0.25) is 17.8 Å². The fourth-order valence-electron chi connectivity index (χ4n) is 3.14. The molecule has 118 valence electrons. The summed E-state index contributed by atoms with van der Waals surface area (Å²) in [6, 6.07) is 0. The van der Waals surface area contributed by atoms with Crippen molar-refractivity contribution in [3.8, 4) is 0 Å². The smallest absolute Gasteiger partial charge is 0.231 e. The van der Waals surface area contributed by atoms with Crippen LogP contribution in [0.1, 0.15) is 41.5 Å². The van der Waals surface area contributed by atoms with E-state index in [0.717, 1.165) is 19.6 Å². The van der Waals surface area contributed by atoms with E-state index >= 15 is 0 Å². The minimum Gasteiger partial charge on any atom is -0.368 e. The van der Waals surface area contributed by atoms with Crippen LogP contribution in [0.3, 0.4) is 0 Å². The topological polar surface area (TPSA) is 80.0 Å². The lowest BCUT2D eigenvalue weighted by atomic mass is 10.0. The number of nitrogens with two attached hydrogens (primary N) is 1. The van der Waals surface area contributed by atoms with Crippen LogP contribution >= 0.6 is 0 Å². The van der Waals surface area contributed by atoms with Crippen LogP contribution in [-0.4, -0.2) is 34.6 Å². The Morgan fingerprint density at radius 2 is 1.62 bits per heavy atom. The van der Waals surface area contributed by atoms with Gasteiger partial charge in [-0.05, 0) is 30.6 Å². The summed E-state index contributed by atoms with van der Waals surface area (Å²) in [4.78, 5) is 15.0. The van der Waals surface area contributed by atoms with Crippen LogP contribution in [0.15, 0.2) is 0 Å². The molecule has 3 N–H and O–H groups in total. The predicted octanol–water partition coefficient (Wildman–Crippen LogP) is 2.39. The zero-order chi connectivity index (χ0) is 15.8. The van der Waals surface area contributed by atoms with Gasteiger partial charge in [0.25, 0.3) is 0 Å². The number of nitrogens with one attached hydrogen (secondary N) is 1. The molecule has 0 atom stereocenters. The Bertz CT molecular complexity index is 493. The normalized spacial score (nSPS) is 19.3. The third kappa shape index (κ3) is 2.76. The van der Waals surface area contributed by atoms with Crippen LogP contribution in [0.2, 0.25) is 0 Å². The van der Waals surface area contributed by atoms with Crippen LogP contribution in [0.5, 0.6) is 0 Å². The number of aromatic nitrogens is 3. The molecule has 1 saturated carbocycles. The summed E-state index contributed by atoms with van der Waals surface area (Å²) < 4.78 is 0. The number of hydrogen-bond donors (Lipinski definition) is 2. The van der Waals surface area contributed by atoms with E-state index in [-0.39, 0.29) is 5.95 Å². The van der Waals surface area contributed by atoms with Crippen molar-refractivity contribution in [2.75, 3.05) is 35.6 Å². The molecule has 0 saturated heterocycles. The molecular weight excluding hydrogens is 264 g/mol. The van der Waals surface area contributed by atoms with Gasteiger partial charge in [-0.3, -0.25) is 0 Å². The molecule has 6 nitrogen and oxygen atoms in total. The molecule has 1 aliphatic rings. The van der Waals surface area contributed by atoms with Gasteiger partial charge in [0.05, 0.1) is 0 Å². The number of anilines is 3. The van der Waals surface area contributed by atoms with Crippen molar-refractivity contribution in [2.24, 2.45) is 16.7 Å². The SMILES string of the molecule is CCN(CC)c1nc(N)nc(NCC2C(C)(C)C2(C)C)n1. The highest BCUT2D eigenvalue weighted by molar-refractivity contribution is 5.42. The highest BCUT2D eigenvalue weighted by Crippen LogP contribution is 2.68. The van der Waals surface area contributed by atoms with Gasteiger partial charge in [-0.1, -0.05) is 27.7 Å². The van der Waals surface area contributed by atoms with E-state index in [1.54, 1.807) is 0 Å². The average Bonchev–Trinajstić information content (AvgIpc) is 2.78. The molecule has 1 fully saturated rings. The molecule has 6 heteroatoms. The second kappa shape index (κ2) is 5.31. The van der Waals surface area contributed by atoms with Crippen molar-refractivity contribution in [1.82, 2.24) is 15.0 Å². The average molecular weight is 292 g/mol. The second-order valence-electron chi connectivity index (χ2n) is 6.87. The van der Waals surface area contributed by atoms with Crippen molar-refractivity contribution >= 4 is 17.8 Å². The van der Waals surface area contributed by atoms with Gasteiger partial charge in [-0.25, -0.2) is 0 Å². The zero-order valence-corrected chi connectivity index (χ0v) is 14.1. The Balaban J connectivity index is 2.08. The fourth-order valence-corrected chi connectivity index (χ4v) is 3.14. The van der Waals surface area contributed by atoms with Gasteiger partial charge >= 0.3 is 0 Å². The first-order valence-electron chi connectivity index (χ1n) is 7.74. The van der Waals surface area contributed by atoms with E-state index in [1.165, 1.54) is 0 Å². The second-order valence-corrected chi connectivity index (χ2v) is 6.87. The summed E-state index contributed by atoms with van der Waals surface area (Å²) in [5.74, 6) is 2.09. The highest BCUT2D eigenvalue weighted by Gasteiger charge is 2.64. The summed E-state index contributed by atoms with van der Waals surface area (Å²) in [7, 11) is 0. The standard InChI is InChI=1S/C15H28N6/c1-7-21(8-2)13-19-11(16)18-12(20-13)17-9-10-14(3,4)15(10,5)6/h10H,7-9H2,1-6H3,(H3,16,17,18,19,20). The summed E-state index contributed by atoms with van der Waals surface area (Å²) in [5, 5.41) is 3.33. The molecular formula is C15H28N6. The van der Waals surface area contributed by atoms with Crippen molar-refractivity contribution < 1.29 is 0 Å². The number of rotatable bonds is 6. The van der Waals surface area contributed by atoms with Crippen molar-refractivity contribution in [3.63, 3.8) is 0 Å². The van der Waals surface area contributed by atoms with Crippen molar-refractivity contribution in [1.29, 1.82) is 0 Å². The summed E-state index contributed by atoms with van der Waals surface area (Å²) in [6.07, 6.45) is 0. The van der Waals surface area contributed by atoms with Gasteiger partial charge in [-0.2, -0.15) is 15.0 Å². The lowest BCUT2D eigenvalue weighted by molar-refractivity contribution is 0.457. The first-order valence-corrected chi connectivity index (χ1v) is 7.74. The maximum absolute atomic E-state index is 5.81. The molecule has 21 heavy (non-hydrogen) atoms. The molecule has 0 aromatic carbocycles. The Morgan fingerprint density at radius 3 is 2.10 bits per heavy atom. The Kier molecular flexibility index (Phi) is 4.00. The van der Waals surface area contributed by atoms with Crippen LogP contribution in [0.4, 0.5) is 17.8 Å². The van der Waals surface area contributed by atoms with Crippen LogP contribution in [0, 0.1) is 16.7 Å². The van der Waals surface area contributed by atoms with E-state index in [4.69, 9.17) is 5.73 Å². The Hall–Kier alpha value is -1.59. The molecule has 0 aliphatic heterocycles. The molecule has 1 aromatic heterocycles. The molecule has 0 amide bonds. The van der Waals surface area contributed by atoms with Crippen LogP contribution < -0.4 is 16.0 Å². The number of nitrogens with zero attached hydrogens (tertiary/aromatic N) is 4. The van der Waals surface area contributed by atoms with Gasteiger partial charge in [-0.15, -0.1) is 0 Å². The quantitative estimate of drug-likeness (QED) is 0.838. The van der Waals surface area contributed by atoms with Gasteiger partial charge in [0.1, 0.15) is 0 Å². The lowest BCUT2D eigenvalue weighted by Gasteiger charge is -2.19. The van der Waals surface area contributed by atoms with Crippen molar-refractivity contribution in [3.05, 3.63) is 0 Å². The van der Waals surface area contributed by atoms with E-state index in [9.17, 15) is 0 Å². The molecule has 1 heterocycles. The minimum absolute atomic E-state index is 0.267. The maximum Gasteiger partial charge on any atom is 0.231 e. The maximum atomic E-state index is 5.81. The molecule has 0 spiro atoms. The minimum atomic E-state index is 0.267. The molecule has 0 bridgehead atoms. The van der Waals surface area contributed by atoms with Crippen LogP contribution in [0.25, 0.3) is 0 Å². The zero-order valence-electron chi connectivity index (χ0n) is 14.1. The van der Waals surface area contributed by atoms with Gasteiger partial charge < -0.3 is 16.0 Å². The predicted molar refractivity (Wildman–Crippen MR) is 87.3 cm³/mol. The third-order valence-electron chi connectivity index (χ3n) is 5.47. The lowest BCUT2D eigenvalue weighted by Crippen LogP contribution is -2.25. The number of hydrogen-bond acceptors (Lipinski definition) is 6. The Labute approximate surface area is 127 Å². The third-order valence-corrected chi connectivity index (χ3v) is 5.47. The van der Waals surface area contributed by atoms with E-state index in [1.807, 2.05) is 0 Å². The molecule has 1 aromatic rings. The van der Waals surface area contributed by atoms with E-state index in [0.29, 0.717) is 28.6 Å². The van der Waals surface area contributed by atoms with Gasteiger partial charge in [0.15, 0.2) is 0 Å². The summed E-state index contributed by atoms with van der Waals surface area (Å²) >= 11 is 0. The molecule has 0 unspecified atom stereocenters. The largest absolute Gasteiger partial charge is 0.368 e. The van der Waals surface area contributed by atoms with Crippen LogP contribution in [-0.2, 0) is 0 Å². The van der Waals surface area contributed by atoms with E-state index < -0.39 is 0 Å². The fraction of sp³-hybridized carbons (Fsp3) is 0.800. The first-order chi connectivity index (χ1) is 9.73. The first kappa shape index (κ1) is 15.8. The van der Waals surface area contributed by atoms with Crippen molar-refractivity contribution in [2.45, 2.75) is 41.5 Å². The highest BCUT2D eigenvalue weighted by atomic mass is 15.3. The summed E-state index contributed by atoms with van der Waals surface area (Å²) in [5.41, 5.74) is 6.50. The molecule has 2 rings (SSSR count). The monoisotopic (exact) mass is 292 g/mol. The van der Waals surface area contributed by atoms with E-state index in [2.05, 4.69) is 66.7 Å². The summed E-state index contributed by atoms with van der Waals surface area (Å²) in [6.45, 7) is 15.9. The Morgan fingerprint density at radius 1 is 1.05 bits per heavy atom.